The number of nitrogens with two attached hydrogens (primary N) is 1. The van der Waals surface area contributed by atoms with Gasteiger partial charge in [0.2, 0.25) is 23.6 Å². The van der Waals surface area contributed by atoms with Crippen molar-refractivity contribution in [2.24, 2.45) is 12.8 Å². The summed E-state index contributed by atoms with van der Waals surface area (Å²) in [4.78, 5) is 77.8. The quantitative estimate of drug-likeness (QED) is 0.155. The van der Waals surface area contributed by atoms with E-state index in [1.165, 1.54) is 0 Å². The molecule has 338 valence electrons. The number of fused-ring (bicyclic) bond motifs is 2. The van der Waals surface area contributed by atoms with Crippen molar-refractivity contribution in [3.63, 3.8) is 0 Å². The maximum Gasteiger partial charge on any atom is 0.355 e. The van der Waals surface area contributed by atoms with E-state index in [0.717, 1.165) is 65.0 Å². The van der Waals surface area contributed by atoms with Crippen LogP contribution in [0.2, 0.25) is 0 Å². The SMILES string of the molecule is Cc1c(OCCN2CCN(CC(=O)N3CCN(c4ccc5c(C6CCC(=O)NC6=O)nn(C)c5c4)CC3)CC2)cccc1-c1ccc(N2CCc3cccc(C(N)=O)c3C2)nc1C(=O)O. The molecule has 17 nitrogen and oxygen atoms in total. The molecule has 1 atom stereocenters. The number of anilines is 2. The Morgan fingerprint density at radius 3 is 2.38 bits per heavy atom. The number of aromatic nitrogens is 3. The van der Waals surface area contributed by atoms with E-state index in [1.54, 1.807) is 16.8 Å². The van der Waals surface area contributed by atoms with Crippen LogP contribution in [-0.4, -0.2) is 143 Å². The Morgan fingerprint density at radius 2 is 1.63 bits per heavy atom. The minimum Gasteiger partial charge on any atom is -0.492 e. The first-order chi connectivity index (χ1) is 31.4. The predicted molar refractivity (Wildman–Crippen MR) is 244 cm³/mol. The maximum atomic E-state index is 13.4. The van der Waals surface area contributed by atoms with Gasteiger partial charge in [0.25, 0.3) is 0 Å². The van der Waals surface area contributed by atoms with Crippen molar-refractivity contribution in [3.05, 3.63) is 100 Å². The summed E-state index contributed by atoms with van der Waals surface area (Å²) in [5.41, 5.74) is 12.7. The highest BCUT2D eigenvalue weighted by Gasteiger charge is 2.32. The van der Waals surface area contributed by atoms with E-state index in [4.69, 9.17) is 10.5 Å². The molecule has 3 saturated heterocycles. The lowest BCUT2D eigenvalue weighted by Crippen LogP contribution is -2.54. The Labute approximate surface area is 376 Å². The molecule has 1 unspecified atom stereocenters. The lowest BCUT2D eigenvalue weighted by Gasteiger charge is -2.38. The number of imide groups is 1. The van der Waals surface area contributed by atoms with Gasteiger partial charge in [-0.2, -0.15) is 5.10 Å². The van der Waals surface area contributed by atoms with Crippen LogP contribution < -0.4 is 25.6 Å². The Morgan fingerprint density at radius 1 is 0.862 bits per heavy atom. The standard InChI is InChI=1S/C48H54N10O7/c1-30-33(34-11-13-41(50-45(34)48(63)64)58-16-15-31-5-3-7-35(46(49)61)38(31)28-58)6-4-8-40(30)65-26-25-54-17-19-55(20-18-54)29-43(60)57-23-21-56(22-24-57)32-9-10-36-39(27-32)53(2)52-44(36)37-12-14-42(59)51-47(37)62/h3-11,13,27,37H,12,14-26,28-29H2,1-2H3,(H2,49,61)(H,63,64)(H,51,59,62). The molecule has 4 aliphatic rings. The number of carboxylic acids is 1. The molecule has 4 N–H and O–H groups in total. The van der Waals surface area contributed by atoms with Crippen molar-refractivity contribution in [2.75, 3.05) is 88.4 Å². The summed E-state index contributed by atoms with van der Waals surface area (Å²) in [6.07, 6.45) is 1.44. The summed E-state index contributed by atoms with van der Waals surface area (Å²) in [5.74, 6) is -1.28. The molecule has 9 rings (SSSR count). The largest absolute Gasteiger partial charge is 0.492 e. The number of pyridine rings is 1. The number of piperidine rings is 1. The molecule has 0 spiro atoms. The Hall–Kier alpha value is -6.85. The second-order valence-corrected chi connectivity index (χ2v) is 17.3. The third-order valence-electron chi connectivity index (χ3n) is 13.4. The summed E-state index contributed by atoms with van der Waals surface area (Å²) >= 11 is 0. The summed E-state index contributed by atoms with van der Waals surface area (Å²) in [6.45, 7) is 10.4. The first kappa shape index (κ1) is 43.4. The van der Waals surface area contributed by atoms with E-state index >= 15 is 0 Å². The second-order valence-electron chi connectivity index (χ2n) is 17.3. The van der Waals surface area contributed by atoms with Crippen LogP contribution in [0.4, 0.5) is 11.5 Å². The normalized spacial score (nSPS) is 18.4. The molecule has 2 aromatic heterocycles. The van der Waals surface area contributed by atoms with Gasteiger partial charge in [-0.3, -0.25) is 39.0 Å². The van der Waals surface area contributed by atoms with Crippen molar-refractivity contribution in [1.82, 2.24) is 34.8 Å². The monoisotopic (exact) mass is 882 g/mol. The average molecular weight is 883 g/mol. The highest BCUT2D eigenvalue weighted by Crippen LogP contribution is 2.35. The number of carbonyl (C=O) groups excluding carboxylic acids is 4. The van der Waals surface area contributed by atoms with Crippen LogP contribution in [0.15, 0.2) is 66.7 Å². The number of primary amides is 1. The molecule has 3 fully saturated rings. The summed E-state index contributed by atoms with van der Waals surface area (Å²) in [6, 6.07) is 21.0. The predicted octanol–water partition coefficient (Wildman–Crippen LogP) is 3.17. The molecule has 3 aromatic carbocycles. The van der Waals surface area contributed by atoms with E-state index in [0.29, 0.717) is 107 Å². The minimum atomic E-state index is -1.13. The smallest absolute Gasteiger partial charge is 0.355 e. The van der Waals surface area contributed by atoms with Gasteiger partial charge in [0.1, 0.15) is 18.2 Å². The van der Waals surface area contributed by atoms with Crippen molar-refractivity contribution in [2.45, 2.75) is 38.6 Å². The summed E-state index contributed by atoms with van der Waals surface area (Å²) in [7, 11) is 1.87. The number of ether oxygens (including phenoxy) is 1. The number of aryl methyl sites for hydroxylation is 1. The highest BCUT2D eigenvalue weighted by atomic mass is 16.5. The van der Waals surface area contributed by atoms with Gasteiger partial charge in [-0.25, -0.2) is 9.78 Å². The van der Waals surface area contributed by atoms with Gasteiger partial charge in [0.05, 0.1) is 23.7 Å². The van der Waals surface area contributed by atoms with Gasteiger partial charge in [-0.1, -0.05) is 24.3 Å². The topological polar surface area (TPSA) is 200 Å². The Bertz CT molecular complexity index is 2680. The molecule has 4 aliphatic heterocycles. The number of hydrogen-bond acceptors (Lipinski definition) is 12. The number of carbonyl (C=O) groups is 5. The van der Waals surface area contributed by atoms with Gasteiger partial charge >= 0.3 is 5.97 Å². The van der Waals surface area contributed by atoms with Crippen LogP contribution in [0.3, 0.4) is 0 Å². The van der Waals surface area contributed by atoms with Crippen LogP contribution in [0.1, 0.15) is 62.0 Å². The number of hydrogen-bond donors (Lipinski definition) is 3. The molecule has 0 saturated carbocycles. The number of carboxylic acid groups (broad SMARTS) is 1. The van der Waals surface area contributed by atoms with Gasteiger partial charge in [-0.05, 0) is 84.5 Å². The number of benzene rings is 3. The van der Waals surface area contributed by atoms with E-state index in [1.807, 2.05) is 66.2 Å². The molecular weight excluding hydrogens is 829 g/mol. The number of nitrogens with zero attached hydrogens (tertiary/aromatic N) is 8. The van der Waals surface area contributed by atoms with Crippen molar-refractivity contribution in [3.8, 4) is 16.9 Å². The molecule has 65 heavy (non-hydrogen) atoms. The van der Waals surface area contributed by atoms with E-state index < -0.39 is 17.8 Å². The second kappa shape index (κ2) is 18.3. The first-order valence-electron chi connectivity index (χ1n) is 22.3. The highest BCUT2D eigenvalue weighted by molar-refractivity contribution is 6.03. The zero-order valence-electron chi connectivity index (χ0n) is 36.8. The van der Waals surface area contributed by atoms with E-state index in [2.05, 4.69) is 42.2 Å². The van der Waals surface area contributed by atoms with Gasteiger partial charge in [-0.15, -0.1) is 0 Å². The van der Waals surface area contributed by atoms with Crippen molar-refractivity contribution >= 4 is 52.0 Å². The molecule has 0 bridgehead atoms. The fourth-order valence-corrected chi connectivity index (χ4v) is 9.72. The van der Waals surface area contributed by atoms with E-state index in [9.17, 15) is 29.1 Å². The first-order valence-corrected chi connectivity index (χ1v) is 22.3. The summed E-state index contributed by atoms with van der Waals surface area (Å²) in [5, 5.41) is 18.3. The molecule has 0 aliphatic carbocycles. The fraction of sp³-hybridized carbons (Fsp3) is 0.396. The number of rotatable bonds is 12. The molecule has 0 radical (unpaired) electrons. The molecule has 5 aromatic rings. The van der Waals surface area contributed by atoms with Gasteiger partial charge in [0, 0.05) is 108 Å². The van der Waals surface area contributed by atoms with Crippen LogP contribution in [-0.2, 0) is 34.4 Å². The third-order valence-corrected chi connectivity index (χ3v) is 13.4. The molecular formula is C48H54N10O7. The molecule has 6 heterocycles. The Kier molecular flexibility index (Phi) is 12.2. The van der Waals surface area contributed by atoms with Crippen molar-refractivity contribution in [1.29, 1.82) is 0 Å². The number of piperazine rings is 2. The zero-order chi connectivity index (χ0) is 45.4. The van der Waals surface area contributed by atoms with Crippen LogP contribution in [0.5, 0.6) is 5.75 Å². The lowest BCUT2D eigenvalue weighted by atomic mass is 9.93. The van der Waals surface area contributed by atoms with Gasteiger partial charge < -0.3 is 30.3 Å². The number of aromatic carboxylic acids is 1. The van der Waals surface area contributed by atoms with Gasteiger partial charge in [0.15, 0.2) is 5.69 Å². The number of nitrogens with one attached hydrogen (secondary N) is 1. The average Bonchev–Trinajstić information content (AvgIpc) is 3.64. The fourth-order valence-electron chi connectivity index (χ4n) is 9.72. The third kappa shape index (κ3) is 8.98. The van der Waals surface area contributed by atoms with Crippen LogP contribution in [0.25, 0.3) is 22.0 Å². The maximum absolute atomic E-state index is 13.4. The van der Waals surface area contributed by atoms with Crippen LogP contribution >= 0.6 is 0 Å². The Balaban J connectivity index is 0.741. The van der Waals surface area contributed by atoms with Crippen molar-refractivity contribution < 1.29 is 33.8 Å². The zero-order valence-corrected chi connectivity index (χ0v) is 36.8. The molecule has 17 heteroatoms. The number of amides is 4. The minimum absolute atomic E-state index is 0.0566. The van der Waals surface area contributed by atoms with Crippen LogP contribution in [0, 0.1) is 6.92 Å². The lowest BCUT2D eigenvalue weighted by molar-refractivity contribution is -0.135. The van der Waals surface area contributed by atoms with E-state index in [-0.39, 0.29) is 23.4 Å². The molecule has 4 amide bonds. The summed E-state index contributed by atoms with van der Waals surface area (Å²) < 4.78 is 8.09.